The Morgan fingerprint density at radius 2 is 1.74 bits per heavy atom. The van der Waals surface area contributed by atoms with Crippen molar-refractivity contribution in [2.24, 2.45) is 23.7 Å². The van der Waals surface area contributed by atoms with Crippen LogP contribution in [0.15, 0.2) is 0 Å². The Labute approximate surface area is 167 Å². The molecule has 0 aromatic rings. The fourth-order valence-corrected chi connectivity index (χ4v) is 5.51. The largest absolute Gasteiger partial charge is 0.508 e. The van der Waals surface area contributed by atoms with E-state index in [0.29, 0.717) is 31.0 Å². The van der Waals surface area contributed by atoms with Gasteiger partial charge < -0.3 is 14.2 Å². The maximum absolute atomic E-state index is 12.5. The van der Waals surface area contributed by atoms with Crippen LogP contribution in [0.25, 0.3) is 0 Å². The lowest BCUT2D eigenvalue weighted by atomic mass is 9.80. The van der Waals surface area contributed by atoms with Crippen LogP contribution >= 0.6 is 8.03 Å². The van der Waals surface area contributed by atoms with E-state index in [4.69, 9.17) is 26.6 Å². The second kappa shape index (κ2) is 10.2. The van der Waals surface area contributed by atoms with Crippen molar-refractivity contribution in [1.29, 1.82) is 0 Å². The molecule has 3 unspecified atom stereocenters. The van der Waals surface area contributed by atoms with E-state index < -0.39 is 8.03 Å². The van der Waals surface area contributed by atoms with E-state index in [-0.39, 0.29) is 48.4 Å². The maximum Gasteiger partial charge on any atom is 0.508 e. The van der Waals surface area contributed by atoms with Crippen LogP contribution in [0.2, 0.25) is 0 Å². The summed E-state index contributed by atoms with van der Waals surface area (Å²) in [6.07, 6.45) is 1.61. The predicted molar refractivity (Wildman–Crippen MR) is 108 cm³/mol. The van der Waals surface area contributed by atoms with Gasteiger partial charge in [-0.25, -0.2) is 0 Å². The molecule has 9 atom stereocenters. The van der Waals surface area contributed by atoms with Gasteiger partial charge >= 0.3 is 8.03 Å². The highest BCUT2D eigenvalue weighted by Crippen LogP contribution is 2.41. The summed E-state index contributed by atoms with van der Waals surface area (Å²) >= 11 is 0. The average molecular weight is 399 g/mol. The smallest absolute Gasteiger partial charge is 0.384 e. The summed E-state index contributed by atoms with van der Waals surface area (Å²) in [4.78, 5) is 0. The molecule has 5 nitrogen and oxygen atoms in total. The molecule has 0 bridgehead atoms. The lowest BCUT2D eigenvalue weighted by Crippen LogP contribution is -2.32. The number of ether oxygens (including phenoxy) is 3. The zero-order valence-corrected chi connectivity index (χ0v) is 18.9. The van der Waals surface area contributed by atoms with Gasteiger partial charge in [-0.05, 0) is 37.2 Å². The van der Waals surface area contributed by atoms with Crippen molar-refractivity contribution in [3.05, 3.63) is 0 Å². The normalized spacial score (nSPS) is 40.3. The first kappa shape index (κ1) is 23.3. The quantitative estimate of drug-likeness (QED) is 0.431. The van der Waals surface area contributed by atoms with Crippen molar-refractivity contribution >= 4 is 15.9 Å². The summed E-state index contributed by atoms with van der Waals surface area (Å²) < 4.78 is 36.2. The fraction of sp³-hybridized carbons (Fsp3) is 1.00. The molecule has 0 spiro atoms. The summed E-state index contributed by atoms with van der Waals surface area (Å²) in [6.45, 7) is 15.1. The molecule has 27 heavy (non-hydrogen) atoms. The molecule has 0 saturated carbocycles. The Morgan fingerprint density at radius 3 is 2.33 bits per heavy atom. The Bertz CT molecular complexity index is 489. The van der Waals surface area contributed by atoms with E-state index in [1.54, 1.807) is 0 Å². The molecule has 0 aromatic carbocycles. The minimum absolute atomic E-state index is 0.00799. The van der Waals surface area contributed by atoms with Gasteiger partial charge in [-0.3, -0.25) is 0 Å². The summed E-state index contributed by atoms with van der Waals surface area (Å²) in [5.74, 6) is 1.04. The molecule has 2 aliphatic heterocycles. The first-order valence-corrected chi connectivity index (χ1v) is 11.8. The van der Waals surface area contributed by atoms with Gasteiger partial charge in [0.25, 0.3) is 0 Å². The molecule has 0 N–H and O–H groups in total. The van der Waals surface area contributed by atoms with Crippen LogP contribution < -0.4 is 0 Å². The molecule has 2 fully saturated rings. The van der Waals surface area contributed by atoms with Crippen molar-refractivity contribution in [2.75, 3.05) is 12.8 Å². The summed E-state index contributed by atoms with van der Waals surface area (Å²) in [5.41, 5.74) is 0. The predicted octanol–water partition coefficient (Wildman–Crippen LogP) is 4.15. The van der Waals surface area contributed by atoms with E-state index >= 15 is 0 Å². The molecule has 0 aromatic heterocycles. The minimum atomic E-state index is -1.74. The van der Waals surface area contributed by atoms with Gasteiger partial charge in [-0.15, -0.1) is 4.52 Å². The minimum Gasteiger partial charge on any atom is -0.384 e. The molecule has 2 aliphatic rings. The van der Waals surface area contributed by atoms with Crippen LogP contribution in [0.3, 0.4) is 0 Å². The van der Waals surface area contributed by atoms with Crippen molar-refractivity contribution in [1.82, 2.24) is 0 Å². The third kappa shape index (κ3) is 5.99. The zero-order valence-electron chi connectivity index (χ0n) is 18.0. The highest BCUT2D eigenvalue weighted by atomic mass is 31.1. The molecule has 7 heteroatoms. The van der Waals surface area contributed by atoms with E-state index in [1.807, 2.05) is 13.8 Å². The van der Waals surface area contributed by atoms with Gasteiger partial charge in [0, 0.05) is 24.3 Å². The Hall–Kier alpha value is 0.00494. The van der Waals surface area contributed by atoms with Gasteiger partial charge in [-0.2, -0.15) is 0 Å². The molecule has 2 heterocycles. The second-order valence-corrected chi connectivity index (χ2v) is 10.1. The van der Waals surface area contributed by atoms with E-state index in [1.165, 1.54) is 0 Å². The Kier molecular flexibility index (Phi) is 8.76. The Balaban J connectivity index is 1.81. The third-order valence-corrected chi connectivity index (χ3v) is 7.22. The van der Waals surface area contributed by atoms with Crippen LogP contribution in [-0.4, -0.2) is 57.1 Å². The molecular formula is C20H37BO5P+. The van der Waals surface area contributed by atoms with E-state index in [9.17, 15) is 4.57 Å². The van der Waals surface area contributed by atoms with Crippen LogP contribution in [-0.2, 0) is 23.3 Å². The van der Waals surface area contributed by atoms with Crippen molar-refractivity contribution in [3.8, 4) is 0 Å². The van der Waals surface area contributed by atoms with E-state index in [0.717, 1.165) is 0 Å². The third-order valence-electron chi connectivity index (χ3n) is 6.03. The van der Waals surface area contributed by atoms with E-state index in [2.05, 4.69) is 34.6 Å². The van der Waals surface area contributed by atoms with Crippen LogP contribution in [0.1, 0.15) is 54.9 Å². The molecule has 2 rings (SSSR count). The lowest BCUT2D eigenvalue weighted by molar-refractivity contribution is -0.0548. The fourth-order valence-electron chi connectivity index (χ4n) is 4.21. The number of rotatable bonds is 9. The average Bonchev–Trinajstić information content (AvgIpc) is 3.00. The van der Waals surface area contributed by atoms with Gasteiger partial charge in [0.1, 0.15) is 14.5 Å². The van der Waals surface area contributed by atoms with Gasteiger partial charge in [0.15, 0.2) is 6.16 Å². The van der Waals surface area contributed by atoms with Crippen LogP contribution in [0.5, 0.6) is 0 Å². The van der Waals surface area contributed by atoms with Crippen LogP contribution in [0, 0.1) is 23.7 Å². The van der Waals surface area contributed by atoms with Gasteiger partial charge in [0.2, 0.25) is 0 Å². The topological polar surface area (TPSA) is 54.0 Å². The van der Waals surface area contributed by atoms with Crippen molar-refractivity contribution in [3.63, 3.8) is 0 Å². The molecule has 0 amide bonds. The van der Waals surface area contributed by atoms with Gasteiger partial charge in [-0.1, -0.05) is 27.7 Å². The lowest BCUT2D eigenvalue weighted by Gasteiger charge is -2.23. The molecule has 2 radical (unpaired) electrons. The molecule has 0 aliphatic carbocycles. The highest BCUT2D eigenvalue weighted by Gasteiger charge is 2.45. The number of hydrogen-bond acceptors (Lipinski definition) is 5. The number of hydrogen-bond donors (Lipinski definition) is 0. The zero-order chi connectivity index (χ0) is 20.3. The highest BCUT2D eigenvalue weighted by molar-refractivity contribution is 7.39. The van der Waals surface area contributed by atoms with Crippen LogP contribution in [0.4, 0.5) is 0 Å². The SMILES string of the molecule is [B][C@@H]1O[C@H](C(C)C)C(C[P+](=O)OCC[C@H]2O[C@@H](C)[C@@H](C)C2OC(C)C)[C@@H]1C. The molecule has 154 valence electrons. The Morgan fingerprint density at radius 1 is 1.07 bits per heavy atom. The summed E-state index contributed by atoms with van der Waals surface area (Å²) in [6, 6.07) is -0.283. The second-order valence-electron chi connectivity index (χ2n) is 8.86. The standard InChI is InChI=1S/C20H37BO5P/c1-11(2)18-16(14(6)20(21)26-18)10-27(22)23-9-8-17-19(24-12(3)4)13(5)15(7)25-17/h11-20H,8-10H2,1-7H3/q+1/t13-,14+,15+,16?,17-,18-,19?,20-/m1/s1. The molecular weight excluding hydrogens is 362 g/mol. The monoisotopic (exact) mass is 399 g/mol. The molecule has 2 saturated heterocycles. The van der Waals surface area contributed by atoms with Crippen molar-refractivity contribution < 1.29 is 23.3 Å². The summed E-state index contributed by atoms with van der Waals surface area (Å²) in [7, 11) is 4.30. The maximum atomic E-state index is 12.5. The van der Waals surface area contributed by atoms with Crippen molar-refractivity contribution in [2.45, 2.75) is 91.4 Å². The summed E-state index contributed by atoms with van der Waals surface area (Å²) in [5, 5.41) is 0. The first-order chi connectivity index (χ1) is 12.6. The van der Waals surface area contributed by atoms with Gasteiger partial charge in [0.05, 0.1) is 30.5 Å². The first-order valence-electron chi connectivity index (χ1n) is 10.4.